The van der Waals surface area contributed by atoms with Crippen molar-refractivity contribution < 1.29 is 4.79 Å². The van der Waals surface area contributed by atoms with Crippen LogP contribution in [0.3, 0.4) is 0 Å². The molecule has 7 heteroatoms. The monoisotopic (exact) mass is 433 g/mol. The van der Waals surface area contributed by atoms with Crippen LogP contribution in [0.1, 0.15) is 10.4 Å². The molecule has 2 aromatic carbocycles. The van der Waals surface area contributed by atoms with Gasteiger partial charge in [0.25, 0.3) is 5.56 Å². The summed E-state index contributed by atoms with van der Waals surface area (Å²) in [6.45, 7) is 2.67. The quantitative estimate of drug-likeness (QED) is 0.353. The van der Waals surface area contributed by atoms with Crippen LogP contribution in [0.4, 0.5) is 5.69 Å². The van der Waals surface area contributed by atoms with E-state index in [1.807, 2.05) is 66.4 Å². The van der Waals surface area contributed by atoms with Gasteiger partial charge in [-0.25, -0.2) is 4.98 Å². The Hall–Kier alpha value is -2.90. The van der Waals surface area contributed by atoms with Crippen molar-refractivity contribution in [2.45, 2.75) is 18.5 Å². The van der Waals surface area contributed by atoms with E-state index in [1.165, 1.54) is 28.7 Å². The second-order valence-electron chi connectivity index (χ2n) is 7.16. The molecule has 0 radical (unpaired) electrons. The molecular formula is C23H19N3O2S2. The zero-order chi connectivity index (χ0) is 20.7. The maximum atomic E-state index is 13.2. The predicted molar refractivity (Wildman–Crippen MR) is 123 cm³/mol. The first-order chi connectivity index (χ1) is 14.6. The molecule has 0 saturated carbocycles. The van der Waals surface area contributed by atoms with E-state index in [4.69, 9.17) is 4.98 Å². The molecule has 150 valence electrons. The summed E-state index contributed by atoms with van der Waals surface area (Å²) in [5, 5.41) is 1.16. The number of thioether (sulfide) groups is 1. The van der Waals surface area contributed by atoms with Gasteiger partial charge >= 0.3 is 0 Å². The van der Waals surface area contributed by atoms with Crippen molar-refractivity contribution in [3.05, 3.63) is 81.5 Å². The molecule has 2 aromatic heterocycles. The van der Waals surface area contributed by atoms with Gasteiger partial charge in [-0.3, -0.25) is 14.2 Å². The van der Waals surface area contributed by atoms with Gasteiger partial charge in [-0.15, -0.1) is 11.3 Å². The molecule has 0 bridgehead atoms. The Balaban J connectivity index is 1.50. The van der Waals surface area contributed by atoms with Gasteiger partial charge in [-0.05, 0) is 43.2 Å². The summed E-state index contributed by atoms with van der Waals surface area (Å²) in [6, 6.07) is 19.4. The second kappa shape index (κ2) is 7.74. The van der Waals surface area contributed by atoms with E-state index < -0.39 is 0 Å². The van der Waals surface area contributed by atoms with E-state index in [2.05, 4.69) is 6.07 Å². The number of hydrogen-bond acceptors (Lipinski definition) is 5. The first-order valence-electron chi connectivity index (χ1n) is 9.71. The van der Waals surface area contributed by atoms with Crippen LogP contribution in [0.2, 0.25) is 0 Å². The highest BCUT2D eigenvalue weighted by atomic mass is 32.2. The van der Waals surface area contributed by atoms with Crippen LogP contribution < -0.4 is 10.5 Å². The minimum Gasteiger partial charge on any atom is -0.311 e. The Morgan fingerprint density at radius 3 is 2.73 bits per heavy atom. The van der Waals surface area contributed by atoms with E-state index in [1.54, 1.807) is 4.57 Å². The number of carbonyl (C=O) groups is 1. The van der Waals surface area contributed by atoms with Crippen molar-refractivity contribution in [1.82, 2.24) is 9.55 Å². The molecule has 4 aromatic rings. The Kier molecular flexibility index (Phi) is 4.92. The van der Waals surface area contributed by atoms with Gasteiger partial charge in [0.1, 0.15) is 4.83 Å². The summed E-state index contributed by atoms with van der Waals surface area (Å²) >= 11 is 2.82. The number of nitrogens with zero attached hydrogens (tertiary/aromatic N) is 3. The van der Waals surface area contributed by atoms with Crippen molar-refractivity contribution in [1.29, 1.82) is 0 Å². The lowest BCUT2D eigenvalue weighted by atomic mass is 10.2. The smallest absolute Gasteiger partial charge is 0.267 e. The number of carbonyl (C=O) groups excluding carboxylic acids is 1. The fourth-order valence-electron chi connectivity index (χ4n) is 3.79. The van der Waals surface area contributed by atoms with E-state index in [-0.39, 0.29) is 17.2 Å². The number of para-hydroxylation sites is 2. The van der Waals surface area contributed by atoms with Gasteiger partial charge in [0.05, 0.1) is 16.8 Å². The number of rotatable bonds is 4. The molecule has 1 aliphatic rings. The molecule has 0 saturated heterocycles. The lowest BCUT2D eigenvalue weighted by Gasteiger charge is -2.17. The Morgan fingerprint density at radius 1 is 1.13 bits per heavy atom. The van der Waals surface area contributed by atoms with Crippen LogP contribution in [-0.2, 0) is 11.2 Å². The fourth-order valence-corrected chi connectivity index (χ4v) is 5.59. The van der Waals surface area contributed by atoms with Crippen molar-refractivity contribution in [2.24, 2.45) is 0 Å². The van der Waals surface area contributed by atoms with Gasteiger partial charge in [0.15, 0.2) is 5.16 Å². The summed E-state index contributed by atoms with van der Waals surface area (Å²) in [6.07, 6.45) is 0.875. The number of anilines is 1. The molecule has 0 fully saturated rings. The first kappa shape index (κ1) is 19.1. The molecular weight excluding hydrogens is 414 g/mol. The summed E-state index contributed by atoms with van der Waals surface area (Å²) in [5.41, 5.74) is 2.84. The average Bonchev–Trinajstić information content (AvgIpc) is 3.36. The van der Waals surface area contributed by atoms with Gasteiger partial charge in [-0.2, -0.15) is 0 Å². The largest absolute Gasteiger partial charge is 0.311 e. The van der Waals surface area contributed by atoms with E-state index in [0.717, 1.165) is 22.7 Å². The summed E-state index contributed by atoms with van der Waals surface area (Å²) < 4.78 is 1.62. The van der Waals surface area contributed by atoms with Crippen LogP contribution in [0, 0.1) is 6.92 Å². The van der Waals surface area contributed by atoms with E-state index in [9.17, 15) is 9.59 Å². The standard InChI is InChI=1S/C23H19N3O2S2/c1-15-13-18-21(30-15)24-23(26(22(18)28)17-8-3-2-4-9-17)29-14-20(27)25-12-11-16-7-5-6-10-19(16)25/h2-10,13H,11-12,14H2,1H3. The predicted octanol–water partition coefficient (Wildman–Crippen LogP) is 4.44. The lowest BCUT2D eigenvalue weighted by Crippen LogP contribution is -2.31. The van der Waals surface area contributed by atoms with Crippen molar-refractivity contribution in [3.8, 4) is 5.69 Å². The van der Waals surface area contributed by atoms with Crippen LogP contribution >= 0.6 is 23.1 Å². The fraction of sp³-hybridized carbons (Fsp3) is 0.174. The summed E-state index contributed by atoms with van der Waals surface area (Å²) in [4.78, 5) is 34.6. The highest BCUT2D eigenvalue weighted by Gasteiger charge is 2.25. The van der Waals surface area contributed by atoms with Gasteiger partial charge in [0.2, 0.25) is 5.91 Å². The molecule has 0 atom stereocenters. The first-order valence-corrected chi connectivity index (χ1v) is 11.5. The second-order valence-corrected chi connectivity index (χ2v) is 9.34. The van der Waals surface area contributed by atoms with E-state index >= 15 is 0 Å². The van der Waals surface area contributed by atoms with Gasteiger partial charge in [-0.1, -0.05) is 48.2 Å². The molecule has 0 unspecified atom stereocenters. The lowest BCUT2D eigenvalue weighted by molar-refractivity contribution is -0.116. The normalized spacial score (nSPS) is 13.0. The zero-order valence-electron chi connectivity index (χ0n) is 16.4. The Labute approximate surface area is 182 Å². The molecule has 30 heavy (non-hydrogen) atoms. The van der Waals surface area contributed by atoms with E-state index in [0.29, 0.717) is 21.9 Å². The average molecular weight is 434 g/mol. The maximum Gasteiger partial charge on any atom is 0.267 e. The van der Waals surface area contributed by atoms with Crippen LogP contribution in [-0.4, -0.2) is 27.8 Å². The number of benzene rings is 2. The van der Waals surface area contributed by atoms with Crippen molar-refractivity contribution >= 4 is 44.9 Å². The minimum atomic E-state index is -0.1000. The molecule has 0 N–H and O–H groups in total. The third-order valence-electron chi connectivity index (χ3n) is 5.18. The van der Waals surface area contributed by atoms with Gasteiger partial charge < -0.3 is 4.90 Å². The van der Waals surface area contributed by atoms with Crippen LogP contribution in [0.5, 0.6) is 0 Å². The zero-order valence-corrected chi connectivity index (χ0v) is 18.0. The molecule has 0 spiro atoms. The maximum absolute atomic E-state index is 13.2. The summed E-state index contributed by atoms with van der Waals surface area (Å²) in [7, 11) is 0. The molecule has 5 rings (SSSR count). The number of aryl methyl sites for hydroxylation is 1. The molecule has 3 heterocycles. The SMILES string of the molecule is Cc1cc2c(=O)n(-c3ccccc3)c(SCC(=O)N3CCc4ccccc43)nc2s1. The number of aromatic nitrogens is 2. The number of fused-ring (bicyclic) bond motifs is 2. The van der Waals surface area contributed by atoms with Gasteiger partial charge in [0, 0.05) is 17.1 Å². The molecule has 1 amide bonds. The summed E-state index contributed by atoms with van der Waals surface area (Å²) in [5.74, 6) is 0.255. The highest BCUT2D eigenvalue weighted by Crippen LogP contribution is 2.30. The van der Waals surface area contributed by atoms with Crippen molar-refractivity contribution in [3.63, 3.8) is 0 Å². The molecule has 5 nitrogen and oxygen atoms in total. The number of thiophene rings is 1. The third kappa shape index (κ3) is 3.34. The van der Waals surface area contributed by atoms with Crippen LogP contribution in [0.25, 0.3) is 15.9 Å². The third-order valence-corrected chi connectivity index (χ3v) is 7.05. The highest BCUT2D eigenvalue weighted by molar-refractivity contribution is 7.99. The number of amides is 1. The minimum absolute atomic E-state index is 0.0290. The van der Waals surface area contributed by atoms with Crippen molar-refractivity contribution in [2.75, 3.05) is 17.2 Å². The Morgan fingerprint density at radius 2 is 1.90 bits per heavy atom. The number of hydrogen-bond donors (Lipinski definition) is 0. The molecule has 1 aliphatic heterocycles. The topological polar surface area (TPSA) is 55.2 Å². The molecule has 0 aliphatic carbocycles. The van der Waals surface area contributed by atoms with Crippen LogP contribution in [0.15, 0.2) is 70.6 Å². The Bertz CT molecular complexity index is 1310.